The van der Waals surface area contributed by atoms with E-state index in [0.29, 0.717) is 21.5 Å². The largest absolute Gasteiger partial charge is 1.00 e. The standard InChI is InChI=1S/C16H10O6S2.2Na/c17-23(18,19)13-7-6-10-5-4-9-2-1-3-11-14(24(20,21)22)8-12(13)16(10)15(9)11;;/h1-8H,(H,17,18,19)(H,20,21,22);;/q;2*+1/p-2. The van der Waals surface area contributed by atoms with Gasteiger partial charge in [-0.05, 0) is 33.7 Å². The zero-order chi connectivity index (χ0) is 17.3. The molecule has 0 amide bonds. The third-order valence-electron chi connectivity index (χ3n) is 4.11. The molecule has 4 aromatic carbocycles. The molecule has 6 nitrogen and oxygen atoms in total. The molecule has 0 fully saturated rings. The van der Waals surface area contributed by atoms with Gasteiger partial charge < -0.3 is 9.11 Å². The van der Waals surface area contributed by atoms with Crippen molar-refractivity contribution in [3.63, 3.8) is 0 Å². The van der Waals surface area contributed by atoms with E-state index >= 15 is 0 Å². The normalized spacial score (nSPS) is 12.2. The molecule has 0 aliphatic rings. The van der Waals surface area contributed by atoms with Crippen LogP contribution in [0.2, 0.25) is 0 Å². The summed E-state index contributed by atoms with van der Waals surface area (Å²) in [6, 6.07) is 11.9. The summed E-state index contributed by atoms with van der Waals surface area (Å²) in [5.74, 6) is 0. The van der Waals surface area contributed by atoms with E-state index in [1.807, 2.05) is 0 Å². The van der Waals surface area contributed by atoms with Gasteiger partial charge in [0.05, 0.1) is 9.79 Å². The van der Waals surface area contributed by atoms with Gasteiger partial charge in [0.2, 0.25) is 0 Å². The Hall–Kier alpha value is -0.260. The molecule has 0 spiro atoms. The maximum atomic E-state index is 11.7. The molecule has 0 saturated carbocycles. The van der Waals surface area contributed by atoms with Crippen LogP contribution in [0.4, 0.5) is 0 Å². The summed E-state index contributed by atoms with van der Waals surface area (Å²) in [5.41, 5.74) is 0. The molecular formula is C16H8Na2O6S2. The SMILES string of the molecule is O=S(=O)([O-])c1cc2c(S(=O)(=O)[O-])ccc3ccc4cccc1c4c32.[Na+].[Na+]. The molecule has 0 unspecified atom stereocenters. The van der Waals surface area contributed by atoms with Gasteiger partial charge in [-0.3, -0.25) is 0 Å². The summed E-state index contributed by atoms with van der Waals surface area (Å²) in [6.07, 6.45) is 0. The van der Waals surface area contributed by atoms with Gasteiger partial charge in [-0.1, -0.05) is 36.4 Å². The summed E-state index contributed by atoms with van der Waals surface area (Å²) in [6.45, 7) is 0. The van der Waals surface area contributed by atoms with Crippen LogP contribution >= 0.6 is 0 Å². The van der Waals surface area contributed by atoms with E-state index in [4.69, 9.17) is 0 Å². The van der Waals surface area contributed by atoms with Crippen LogP contribution in [0.25, 0.3) is 32.3 Å². The summed E-state index contributed by atoms with van der Waals surface area (Å²) >= 11 is 0. The molecule has 0 heterocycles. The average molecular weight is 406 g/mol. The number of hydrogen-bond donors (Lipinski definition) is 0. The van der Waals surface area contributed by atoms with Crippen molar-refractivity contribution in [2.45, 2.75) is 9.79 Å². The average Bonchev–Trinajstić information content (AvgIpc) is 2.50. The Morgan fingerprint density at radius 3 is 1.69 bits per heavy atom. The van der Waals surface area contributed by atoms with E-state index in [0.717, 1.165) is 12.1 Å². The van der Waals surface area contributed by atoms with Crippen LogP contribution < -0.4 is 59.1 Å². The van der Waals surface area contributed by atoms with Gasteiger partial charge in [0.25, 0.3) is 0 Å². The second-order valence-electron chi connectivity index (χ2n) is 5.46. The van der Waals surface area contributed by atoms with Crippen LogP contribution in [0.1, 0.15) is 0 Å². The Bertz CT molecular complexity index is 1330. The monoisotopic (exact) mass is 406 g/mol. The minimum Gasteiger partial charge on any atom is -0.744 e. The summed E-state index contributed by atoms with van der Waals surface area (Å²) in [7, 11) is -9.70. The van der Waals surface area contributed by atoms with Crippen molar-refractivity contribution in [2.75, 3.05) is 0 Å². The Balaban J connectivity index is 0.00000121. The molecule has 0 aliphatic heterocycles. The summed E-state index contributed by atoms with van der Waals surface area (Å²) in [4.78, 5) is -1.08. The maximum Gasteiger partial charge on any atom is 1.00 e. The molecule has 4 aromatic rings. The molecule has 0 aliphatic carbocycles. The minimum absolute atomic E-state index is 0. The third kappa shape index (κ3) is 3.44. The quantitative estimate of drug-likeness (QED) is 0.193. The molecule has 26 heavy (non-hydrogen) atoms. The van der Waals surface area contributed by atoms with Gasteiger partial charge in [0.15, 0.2) is 0 Å². The van der Waals surface area contributed by atoms with Crippen molar-refractivity contribution in [3.8, 4) is 0 Å². The first kappa shape index (κ1) is 22.0. The van der Waals surface area contributed by atoms with E-state index in [2.05, 4.69) is 0 Å². The third-order valence-corrected chi connectivity index (χ3v) is 5.88. The molecule has 0 bridgehead atoms. The van der Waals surface area contributed by atoms with Crippen molar-refractivity contribution in [1.29, 1.82) is 0 Å². The van der Waals surface area contributed by atoms with Gasteiger partial charge in [0.1, 0.15) is 20.2 Å². The molecule has 0 aromatic heterocycles. The van der Waals surface area contributed by atoms with Crippen LogP contribution in [0.3, 0.4) is 0 Å². The first-order chi connectivity index (χ1) is 11.2. The second-order valence-corrected chi connectivity index (χ2v) is 8.16. The van der Waals surface area contributed by atoms with Crippen molar-refractivity contribution >= 4 is 52.6 Å². The fraction of sp³-hybridized carbons (Fsp3) is 0. The molecule has 0 saturated heterocycles. The predicted molar refractivity (Wildman–Crippen MR) is 86.1 cm³/mol. The second kappa shape index (κ2) is 7.29. The molecule has 0 radical (unpaired) electrons. The number of hydrogen-bond acceptors (Lipinski definition) is 6. The Kier molecular flexibility index (Phi) is 6.18. The van der Waals surface area contributed by atoms with Crippen LogP contribution in [0, 0.1) is 0 Å². The van der Waals surface area contributed by atoms with E-state index < -0.39 is 30.0 Å². The van der Waals surface area contributed by atoms with E-state index in [1.54, 1.807) is 24.3 Å². The molecule has 0 atom stereocenters. The fourth-order valence-corrected chi connectivity index (χ4v) is 4.55. The van der Waals surface area contributed by atoms with Crippen molar-refractivity contribution in [2.24, 2.45) is 0 Å². The minimum atomic E-state index is -4.86. The Labute approximate surface area is 194 Å². The van der Waals surface area contributed by atoms with Crippen LogP contribution in [0.5, 0.6) is 0 Å². The first-order valence-electron chi connectivity index (χ1n) is 6.80. The van der Waals surface area contributed by atoms with Gasteiger partial charge in [-0.15, -0.1) is 0 Å². The van der Waals surface area contributed by atoms with Crippen molar-refractivity contribution in [3.05, 3.63) is 48.5 Å². The maximum absolute atomic E-state index is 11.7. The molecular weight excluding hydrogens is 398 g/mol. The van der Waals surface area contributed by atoms with Crippen LogP contribution in [0.15, 0.2) is 58.3 Å². The van der Waals surface area contributed by atoms with E-state index in [9.17, 15) is 25.9 Å². The van der Waals surface area contributed by atoms with Crippen LogP contribution in [-0.2, 0) is 20.2 Å². The van der Waals surface area contributed by atoms with Crippen molar-refractivity contribution in [1.82, 2.24) is 0 Å². The van der Waals surface area contributed by atoms with Crippen molar-refractivity contribution < 1.29 is 85.1 Å². The van der Waals surface area contributed by atoms with Gasteiger partial charge in [-0.2, -0.15) is 0 Å². The molecule has 4 rings (SSSR count). The summed E-state index contributed by atoms with van der Waals surface area (Å²) in [5, 5.41) is 2.36. The fourth-order valence-electron chi connectivity index (χ4n) is 3.19. The molecule has 122 valence electrons. The van der Waals surface area contributed by atoms with Gasteiger partial charge >= 0.3 is 59.1 Å². The number of rotatable bonds is 2. The predicted octanol–water partition coefficient (Wildman–Crippen LogP) is -3.60. The Morgan fingerprint density at radius 2 is 1.12 bits per heavy atom. The topological polar surface area (TPSA) is 114 Å². The molecule has 10 heteroatoms. The zero-order valence-corrected chi connectivity index (χ0v) is 19.5. The van der Waals surface area contributed by atoms with Gasteiger partial charge in [-0.25, -0.2) is 16.8 Å². The van der Waals surface area contributed by atoms with E-state index in [-0.39, 0.29) is 69.9 Å². The number of benzene rings is 4. The Morgan fingerprint density at radius 1 is 0.615 bits per heavy atom. The molecule has 0 N–H and O–H groups in total. The zero-order valence-electron chi connectivity index (χ0n) is 13.9. The summed E-state index contributed by atoms with van der Waals surface area (Å²) < 4.78 is 69.7. The smallest absolute Gasteiger partial charge is 0.744 e. The van der Waals surface area contributed by atoms with E-state index in [1.165, 1.54) is 12.1 Å². The van der Waals surface area contributed by atoms with Crippen LogP contribution in [-0.4, -0.2) is 25.9 Å². The first-order valence-corrected chi connectivity index (χ1v) is 9.62. The van der Waals surface area contributed by atoms with Gasteiger partial charge in [0, 0.05) is 10.8 Å².